The second-order valence-electron chi connectivity index (χ2n) is 4.77. The Kier molecular flexibility index (Phi) is 6.62. The summed E-state index contributed by atoms with van der Waals surface area (Å²) in [7, 11) is -5.40. The molecule has 0 unspecified atom stereocenters. The summed E-state index contributed by atoms with van der Waals surface area (Å²) in [6.07, 6.45) is 0.943. The van der Waals surface area contributed by atoms with Crippen LogP contribution in [-0.2, 0) is 26.8 Å². The van der Waals surface area contributed by atoms with E-state index in [1.807, 2.05) is 6.07 Å². The third-order valence-electron chi connectivity index (χ3n) is 2.79. The lowest BCUT2D eigenvalue weighted by Crippen LogP contribution is -2.25. The van der Waals surface area contributed by atoms with Gasteiger partial charge in [-0.05, 0) is 18.1 Å². The van der Waals surface area contributed by atoms with E-state index in [9.17, 15) is 31.6 Å². The molecule has 1 rings (SSSR count). The van der Waals surface area contributed by atoms with Crippen LogP contribution in [0.3, 0.4) is 0 Å². The zero-order valence-corrected chi connectivity index (χ0v) is 14.2. The van der Waals surface area contributed by atoms with Crippen LogP contribution in [0.4, 0.5) is 13.2 Å². The lowest BCUT2D eigenvalue weighted by Gasteiger charge is -2.12. The monoisotopic (exact) mass is 381 g/mol. The van der Waals surface area contributed by atoms with Gasteiger partial charge in [0, 0.05) is 0 Å². The number of sulfone groups is 1. The zero-order chi connectivity index (χ0) is 18.5. The predicted octanol–water partition coefficient (Wildman–Crippen LogP) is 1.92. The van der Waals surface area contributed by atoms with E-state index in [2.05, 4.69) is 4.98 Å². The van der Waals surface area contributed by atoms with E-state index in [4.69, 9.17) is 5.73 Å². The fourth-order valence-electron chi connectivity index (χ4n) is 1.81. The molecule has 1 aromatic rings. The molecule has 1 heterocycles. The minimum atomic E-state index is -5.40. The largest absolute Gasteiger partial charge is 0.497 e. The molecular weight excluding hydrogens is 367 g/mol. The summed E-state index contributed by atoms with van der Waals surface area (Å²) in [6, 6.07) is 3.07. The molecule has 132 valence electrons. The molecule has 2 N–H and O–H groups in total. The van der Waals surface area contributed by atoms with Gasteiger partial charge in [-0.25, -0.2) is 13.4 Å². The number of primary amides is 1. The fraction of sp³-hybridized carbons (Fsp3) is 0.462. The molecule has 0 fully saturated rings. The van der Waals surface area contributed by atoms with E-state index in [0.29, 0.717) is 18.4 Å². The molecule has 0 atom stereocenters. The third-order valence-corrected chi connectivity index (χ3v) is 5.17. The Morgan fingerprint density at radius 3 is 2.54 bits per heavy atom. The zero-order valence-electron chi connectivity index (χ0n) is 12.6. The molecule has 0 aromatic carbocycles. The number of rotatable bonds is 7. The molecule has 11 heteroatoms. The number of thioether (sulfide) groups is 1. The molecule has 1 aromatic heterocycles. The second-order valence-corrected chi connectivity index (χ2v) is 7.72. The Morgan fingerprint density at radius 2 is 2.08 bits per heavy atom. The van der Waals surface area contributed by atoms with Crippen LogP contribution < -0.4 is 5.73 Å². The maximum absolute atomic E-state index is 12.5. The molecule has 0 aliphatic carbocycles. The highest BCUT2D eigenvalue weighted by Gasteiger charge is 2.45. The van der Waals surface area contributed by atoms with Gasteiger partial charge < -0.3 is 5.73 Å². The van der Waals surface area contributed by atoms with E-state index in [1.54, 1.807) is 6.92 Å². The van der Waals surface area contributed by atoms with Crippen LogP contribution in [0, 0.1) is 11.3 Å². The number of halogens is 3. The number of hydrogen-bond donors (Lipinski definition) is 1. The average molecular weight is 381 g/mol. The number of aromatic nitrogens is 1. The lowest BCUT2D eigenvalue weighted by atomic mass is 10.1. The molecule has 0 aliphatic rings. The van der Waals surface area contributed by atoms with E-state index >= 15 is 0 Å². The van der Waals surface area contributed by atoms with Crippen molar-refractivity contribution in [1.29, 1.82) is 5.26 Å². The van der Waals surface area contributed by atoms with Crippen LogP contribution in [-0.4, -0.2) is 30.6 Å². The van der Waals surface area contributed by atoms with Gasteiger partial charge in [0.1, 0.15) is 16.8 Å². The van der Waals surface area contributed by atoms with Crippen LogP contribution >= 0.6 is 11.8 Å². The summed E-state index contributed by atoms with van der Waals surface area (Å²) < 4.78 is 60.2. The maximum atomic E-state index is 12.5. The van der Waals surface area contributed by atoms with Crippen LogP contribution in [0.5, 0.6) is 0 Å². The van der Waals surface area contributed by atoms with Gasteiger partial charge in [-0.2, -0.15) is 18.4 Å². The number of nitrogens with zero attached hydrogens (tertiary/aromatic N) is 2. The third kappa shape index (κ3) is 5.10. The predicted molar refractivity (Wildman–Crippen MR) is 81.5 cm³/mol. The second kappa shape index (κ2) is 7.85. The van der Waals surface area contributed by atoms with Gasteiger partial charge in [0.15, 0.2) is 0 Å². The molecule has 0 radical (unpaired) electrons. The summed E-state index contributed by atoms with van der Waals surface area (Å²) in [5.41, 5.74) is -0.225. The van der Waals surface area contributed by atoms with Gasteiger partial charge in [0.2, 0.25) is 5.91 Å². The smallest absolute Gasteiger partial charge is 0.369 e. The van der Waals surface area contributed by atoms with Crippen LogP contribution in [0.1, 0.15) is 30.2 Å². The first-order chi connectivity index (χ1) is 11.0. The molecule has 1 amide bonds. The summed E-state index contributed by atoms with van der Waals surface area (Å²) in [5.74, 6) is -2.26. The molecule has 0 spiro atoms. The van der Waals surface area contributed by atoms with E-state index in [1.165, 1.54) is 6.07 Å². The minimum absolute atomic E-state index is 0.00498. The average Bonchev–Trinajstić information content (AvgIpc) is 2.43. The van der Waals surface area contributed by atoms with Crippen molar-refractivity contribution in [2.45, 2.75) is 36.1 Å². The summed E-state index contributed by atoms with van der Waals surface area (Å²) in [4.78, 5) is 14.7. The van der Waals surface area contributed by atoms with Crippen LogP contribution in [0.25, 0.3) is 0 Å². The quantitative estimate of drug-likeness (QED) is 0.722. The van der Waals surface area contributed by atoms with Gasteiger partial charge in [0.05, 0.1) is 17.0 Å². The Balaban J connectivity index is 3.36. The van der Waals surface area contributed by atoms with Crippen molar-refractivity contribution in [2.24, 2.45) is 5.73 Å². The first kappa shape index (κ1) is 20.2. The number of hydrogen-bond acceptors (Lipinski definition) is 6. The van der Waals surface area contributed by atoms with Crippen molar-refractivity contribution in [3.05, 3.63) is 22.9 Å². The van der Waals surface area contributed by atoms with E-state index in [0.717, 1.165) is 11.8 Å². The Hall–Kier alpha value is -1.80. The minimum Gasteiger partial charge on any atom is -0.369 e. The number of aryl methyl sites for hydroxylation is 1. The van der Waals surface area contributed by atoms with Crippen molar-refractivity contribution in [3.63, 3.8) is 0 Å². The highest BCUT2D eigenvalue weighted by atomic mass is 32.2. The number of carbonyl (C=O) groups is 1. The Bertz CT molecular complexity index is 771. The highest BCUT2D eigenvalue weighted by molar-refractivity contribution is 8.00. The Labute approximate surface area is 141 Å². The van der Waals surface area contributed by atoms with Gasteiger partial charge in [-0.3, -0.25) is 4.79 Å². The number of pyridine rings is 1. The summed E-state index contributed by atoms with van der Waals surface area (Å²) >= 11 is 0.783. The molecule has 24 heavy (non-hydrogen) atoms. The number of nitrogens with two attached hydrogens (primary N) is 1. The van der Waals surface area contributed by atoms with E-state index < -0.39 is 27.0 Å². The van der Waals surface area contributed by atoms with Gasteiger partial charge in [-0.15, -0.1) is 0 Å². The molecular formula is C13H14F3N3O3S2. The highest BCUT2D eigenvalue weighted by Crippen LogP contribution is 2.29. The summed E-state index contributed by atoms with van der Waals surface area (Å²) in [6.45, 7) is 1.80. The van der Waals surface area contributed by atoms with Crippen molar-refractivity contribution >= 4 is 27.5 Å². The number of nitriles is 1. The van der Waals surface area contributed by atoms with E-state index in [-0.39, 0.29) is 22.0 Å². The van der Waals surface area contributed by atoms with Crippen LogP contribution in [0.2, 0.25) is 0 Å². The first-order valence-corrected chi connectivity index (χ1v) is 9.28. The van der Waals surface area contributed by atoms with Crippen molar-refractivity contribution in [3.8, 4) is 6.07 Å². The van der Waals surface area contributed by atoms with Gasteiger partial charge in [-0.1, -0.05) is 25.1 Å². The van der Waals surface area contributed by atoms with Crippen LogP contribution in [0.15, 0.2) is 11.1 Å². The molecule has 0 aliphatic heterocycles. The first-order valence-electron chi connectivity index (χ1n) is 6.64. The molecule has 0 bridgehead atoms. The molecule has 6 nitrogen and oxygen atoms in total. The standard InChI is InChI=1S/C13H14F3N3O3S2/c1-2-3-8-4-9(7-24(21,22)13(14,15)16)19-12(10(8)5-17)23-6-11(18)20/h4H,2-3,6-7H2,1H3,(H2,18,20). The topological polar surface area (TPSA) is 114 Å². The van der Waals surface area contributed by atoms with Crippen molar-refractivity contribution in [1.82, 2.24) is 4.98 Å². The number of alkyl halides is 3. The Morgan fingerprint density at radius 1 is 1.46 bits per heavy atom. The van der Waals surface area contributed by atoms with Gasteiger partial charge >= 0.3 is 5.51 Å². The van der Waals surface area contributed by atoms with Crippen molar-refractivity contribution in [2.75, 3.05) is 5.75 Å². The number of amides is 1. The summed E-state index contributed by atoms with van der Waals surface area (Å²) in [5, 5.41) is 9.22. The van der Waals surface area contributed by atoms with Gasteiger partial charge in [0.25, 0.3) is 9.84 Å². The lowest BCUT2D eigenvalue weighted by molar-refractivity contribution is -0.115. The number of carbonyl (C=O) groups excluding carboxylic acids is 1. The normalized spacial score (nSPS) is 12.0. The fourth-order valence-corrected chi connectivity index (χ4v) is 3.29. The maximum Gasteiger partial charge on any atom is 0.497 e. The molecule has 0 saturated heterocycles. The molecule has 0 saturated carbocycles. The van der Waals surface area contributed by atoms with Crippen molar-refractivity contribution < 1.29 is 26.4 Å². The SMILES string of the molecule is CCCc1cc(CS(=O)(=O)C(F)(F)F)nc(SCC(N)=O)c1C#N.